The molecule has 0 fully saturated rings. The molecule has 0 bridgehead atoms. The van der Waals surface area contributed by atoms with E-state index in [0.29, 0.717) is 27.3 Å². The number of nitrogens with one attached hydrogen (secondary N) is 1. The minimum atomic E-state index is -1.02. The maximum atomic E-state index is 11.1. The fourth-order valence-corrected chi connectivity index (χ4v) is 4.74. The minimum Gasteiger partial charge on any atom is -0.507 e. The zero-order chi connectivity index (χ0) is 20.7. The second kappa shape index (κ2) is 7.33. The number of phenolic OH excluding ortho intramolecular Hbond substituents is 1. The van der Waals surface area contributed by atoms with Crippen LogP contribution >= 0.6 is 11.3 Å². The highest BCUT2D eigenvalue weighted by Crippen LogP contribution is 2.47. The predicted octanol–water partition coefficient (Wildman–Crippen LogP) is 5.35. The number of anilines is 1. The molecule has 4 N–H and O–H groups in total. The number of fused-ring (bicyclic) bond motifs is 1. The molecule has 4 aromatic rings. The van der Waals surface area contributed by atoms with Crippen molar-refractivity contribution in [1.29, 1.82) is 0 Å². The number of pyridine rings is 1. The molecule has 1 aliphatic heterocycles. The summed E-state index contributed by atoms with van der Waals surface area (Å²) in [5, 5.41) is 38.0. The maximum absolute atomic E-state index is 11.1. The number of phenols is 1. The van der Waals surface area contributed by atoms with Crippen LogP contribution in [0.4, 0.5) is 5.00 Å². The first-order chi connectivity index (χ1) is 14.6. The fraction of sp³-hybridized carbons (Fsp3) is 0.0417. The van der Waals surface area contributed by atoms with Crippen LogP contribution in [-0.4, -0.2) is 26.5 Å². The van der Waals surface area contributed by atoms with Crippen molar-refractivity contribution in [3.8, 4) is 28.0 Å². The molecular weight excluding hydrogens is 396 g/mol. The van der Waals surface area contributed by atoms with Crippen molar-refractivity contribution in [3.63, 3.8) is 0 Å². The van der Waals surface area contributed by atoms with Crippen molar-refractivity contribution in [1.82, 2.24) is 4.98 Å². The summed E-state index contributed by atoms with van der Waals surface area (Å²) >= 11 is 1.38. The zero-order valence-electron chi connectivity index (χ0n) is 15.8. The second-order valence-corrected chi connectivity index (χ2v) is 7.88. The topological polar surface area (TPSA) is 85.6 Å². The van der Waals surface area contributed by atoms with Gasteiger partial charge in [0.25, 0.3) is 0 Å². The average molecular weight is 414 g/mol. The van der Waals surface area contributed by atoms with Gasteiger partial charge in [-0.3, -0.25) is 4.98 Å². The van der Waals surface area contributed by atoms with Gasteiger partial charge in [-0.15, -0.1) is 11.3 Å². The van der Waals surface area contributed by atoms with Crippen LogP contribution in [-0.2, 0) is 0 Å². The summed E-state index contributed by atoms with van der Waals surface area (Å²) in [5.74, 6) is 0.126. The van der Waals surface area contributed by atoms with Gasteiger partial charge in [0.15, 0.2) is 6.23 Å². The molecule has 0 aliphatic carbocycles. The number of aliphatic hydroxyl groups excluding tert-OH is 2. The molecule has 2 aromatic carbocycles. The maximum Gasteiger partial charge on any atom is 0.155 e. The monoisotopic (exact) mass is 414 g/mol. The number of aromatic nitrogens is 1. The van der Waals surface area contributed by atoms with E-state index in [2.05, 4.69) is 10.3 Å². The lowest BCUT2D eigenvalue weighted by Crippen LogP contribution is -2.25. The summed E-state index contributed by atoms with van der Waals surface area (Å²) in [6.07, 6.45) is 2.40. The Morgan fingerprint density at radius 1 is 0.833 bits per heavy atom. The van der Waals surface area contributed by atoms with Gasteiger partial charge >= 0.3 is 0 Å². The van der Waals surface area contributed by atoms with Gasteiger partial charge in [0.05, 0.1) is 11.1 Å². The Kier molecular flexibility index (Phi) is 4.50. The molecule has 2 aromatic heterocycles. The molecule has 6 heteroatoms. The summed E-state index contributed by atoms with van der Waals surface area (Å²) < 4.78 is 0. The van der Waals surface area contributed by atoms with Gasteiger partial charge < -0.3 is 20.6 Å². The van der Waals surface area contributed by atoms with E-state index in [-0.39, 0.29) is 11.5 Å². The van der Waals surface area contributed by atoms with Gasteiger partial charge in [-0.05, 0) is 41.0 Å². The van der Waals surface area contributed by atoms with Crippen molar-refractivity contribution in [3.05, 3.63) is 89.6 Å². The third-order valence-electron chi connectivity index (χ3n) is 5.21. The van der Waals surface area contributed by atoms with E-state index in [1.54, 1.807) is 18.5 Å². The van der Waals surface area contributed by atoms with E-state index in [1.807, 2.05) is 60.0 Å². The van der Waals surface area contributed by atoms with Crippen LogP contribution < -0.4 is 5.32 Å². The molecule has 3 heterocycles. The Hall–Kier alpha value is -3.61. The van der Waals surface area contributed by atoms with E-state index in [4.69, 9.17) is 0 Å². The minimum absolute atomic E-state index is 0.0105. The average Bonchev–Trinajstić information content (AvgIpc) is 3.19. The molecule has 1 aliphatic rings. The number of nitrogens with zero attached hydrogens (tertiary/aromatic N) is 1. The highest BCUT2D eigenvalue weighted by atomic mass is 32.1. The van der Waals surface area contributed by atoms with Crippen LogP contribution in [0, 0.1) is 0 Å². The van der Waals surface area contributed by atoms with Gasteiger partial charge in [-0.2, -0.15) is 0 Å². The van der Waals surface area contributed by atoms with Crippen LogP contribution in [0.25, 0.3) is 33.6 Å². The lowest BCUT2D eigenvalue weighted by Gasteiger charge is -2.25. The molecule has 0 radical (unpaired) electrons. The summed E-state index contributed by atoms with van der Waals surface area (Å²) in [5.41, 5.74) is 4.88. The molecule has 5 rings (SSSR count). The summed E-state index contributed by atoms with van der Waals surface area (Å²) in [7, 11) is 0. The molecule has 0 spiro atoms. The van der Waals surface area contributed by atoms with Crippen molar-refractivity contribution in [2.45, 2.75) is 6.23 Å². The molecule has 1 unspecified atom stereocenters. The third-order valence-corrected chi connectivity index (χ3v) is 6.12. The van der Waals surface area contributed by atoms with E-state index in [9.17, 15) is 15.3 Å². The van der Waals surface area contributed by atoms with Gasteiger partial charge in [0.1, 0.15) is 16.5 Å². The number of hydrogen-bond donors (Lipinski definition) is 4. The van der Waals surface area contributed by atoms with Crippen molar-refractivity contribution in [2.75, 3.05) is 5.32 Å². The van der Waals surface area contributed by atoms with Gasteiger partial charge in [0.2, 0.25) is 0 Å². The molecule has 30 heavy (non-hydrogen) atoms. The SMILES string of the molecule is OC1=C(c2ccccc2)C(O)Nc2scc(-c3ccc(-c4ccncc4)cc3O)c21. The number of hydrogen-bond acceptors (Lipinski definition) is 6. The largest absolute Gasteiger partial charge is 0.507 e. The lowest BCUT2D eigenvalue weighted by molar-refractivity contribution is 0.259. The normalized spacial score (nSPS) is 15.6. The van der Waals surface area contributed by atoms with E-state index >= 15 is 0 Å². The number of benzene rings is 2. The quantitative estimate of drug-likeness (QED) is 0.363. The van der Waals surface area contributed by atoms with E-state index in [1.165, 1.54) is 11.3 Å². The van der Waals surface area contributed by atoms with Crippen LogP contribution in [0.1, 0.15) is 11.1 Å². The summed E-state index contributed by atoms with van der Waals surface area (Å²) in [6, 6.07) is 18.5. The Morgan fingerprint density at radius 3 is 2.33 bits per heavy atom. The molecule has 0 amide bonds. The van der Waals surface area contributed by atoms with Crippen LogP contribution in [0.2, 0.25) is 0 Å². The Labute approximate surface area is 177 Å². The molecular formula is C24H18N2O3S. The first-order valence-electron chi connectivity index (χ1n) is 9.42. The Balaban J connectivity index is 1.63. The van der Waals surface area contributed by atoms with Gasteiger partial charge in [0, 0.05) is 28.9 Å². The molecule has 1 atom stereocenters. The van der Waals surface area contributed by atoms with Crippen LogP contribution in [0.3, 0.4) is 0 Å². The van der Waals surface area contributed by atoms with Gasteiger partial charge in [-0.1, -0.05) is 36.4 Å². The molecule has 0 saturated carbocycles. The summed E-state index contributed by atoms with van der Waals surface area (Å²) in [6.45, 7) is 0. The Bertz CT molecular complexity index is 1250. The smallest absolute Gasteiger partial charge is 0.155 e. The van der Waals surface area contributed by atoms with Crippen molar-refractivity contribution < 1.29 is 15.3 Å². The van der Waals surface area contributed by atoms with E-state index < -0.39 is 6.23 Å². The first-order valence-corrected chi connectivity index (χ1v) is 10.3. The Morgan fingerprint density at radius 2 is 1.60 bits per heavy atom. The molecule has 148 valence electrons. The van der Waals surface area contributed by atoms with Crippen LogP contribution in [0.5, 0.6) is 5.75 Å². The lowest BCUT2D eigenvalue weighted by atomic mass is 9.93. The second-order valence-electron chi connectivity index (χ2n) is 7.00. The standard InChI is InChI=1S/C24H18N2O3S/c27-19-12-16(14-8-10-25-11-9-14)6-7-17(19)18-13-30-24-21(18)22(28)20(23(29)26-24)15-4-2-1-3-5-15/h1-13,23,26-29H. The fourth-order valence-electron chi connectivity index (χ4n) is 3.75. The number of thiophene rings is 1. The zero-order valence-corrected chi connectivity index (χ0v) is 16.6. The van der Waals surface area contributed by atoms with Crippen molar-refractivity contribution in [2.24, 2.45) is 0 Å². The predicted molar refractivity (Wildman–Crippen MR) is 120 cm³/mol. The first kappa shape index (κ1) is 18.4. The molecule has 5 nitrogen and oxygen atoms in total. The summed E-state index contributed by atoms with van der Waals surface area (Å²) in [4.78, 5) is 4.02. The highest BCUT2D eigenvalue weighted by Gasteiger charge is 2.30. The number of aromatic hydroxyl groups is 1. The molecule has 0 saturated heterocycles. The van der Waals surface area contributed by atoms with Crippen molar-refractivity contribution >= 4 is 27.7 Å². The van der Waals surface area contributed by atoms with Gasteiger partial charge in [-0.25, -0.2) is 0 Å². The number of rotatable bonds is 3. The third kappa shape index (κ3) is 3.03. The van der Waals surface area contributed by atoms with E-state index in [0.717, 1.165) is 16.7 Å². The highest BCUT2D eigenvalue weighted by molar-refractivity contribution is 7.15. The van der Waals surface area contributed by atoms with Crippen LogP contribution in [0.15, 0.2) is 78.4 Å². The number of aliphatic hydroxyl groups is 2.